The Morgan fingerprint density at radius 1 is 1.18 bits per heavy atom. The summed E-state index contributed by atoms with van der Waals surface area (Å²) in [5.74, 6) is -0.668. The Morgan fingerprint density at radius 2 is 1.82 bits per heavy atom. The Hall–Kier alpha value is -2.60. The van der Waals surface area contributed by atoms with E-state index in [1.807, 2.05) is 0 Å². The van der Waals surface area contributed by atoms with Gasteiger partial charge in [-0.25, -0.2) is 5.01 Å². The van der Waals surface area contributed by atoms with Crippen LogP contribution in [0, 0.1) is 0 Å². The smallest absolute Gasteiger partial charge is 0.270 e. The number of β-lactam (4-membered cyclic amide) rings is 1. The van der Waals surface area contributed by atoms with Crippen LogP contribution < -0.4 is 5.43 Å². The van der Waals surface area contributed by atoms with Crippen molar-refractivity contribution in [3.63, 3.8) is 0 Å². The van der Waals surface area contributed by atoms with Gasteiger partial charge in [-0.05, 0) is 29.8 Å². The van der Waals surface area contributed by atoms with Crippen LogP contribution in [0.2, 0.25) is 0 Å². The van der Waals surface area contributed by atoms with Gasteiger partial charge in [0.1, 0.15) is 17.2 Å². The number of phenols is 1. The number of aromatic nitrogens is 1. The van der Waals surface area contributed by atoms with Crippen molar-refractivity contribution < 1.29 is 14.7 Å². The third-order valence-corrected chi connectivity index (χ3v) is 3.85. The van der Waals surface area contributed by atoms with E-state index in [-0.39, 0.29) is 11.7 Å². The normalized spacial score (nSPS) is 20.4. The van der Waals surface area contributed by atoms with Crippen molar-refractivity contribution in [2.24, 2.45) is 0 Å². The van der Waals surface area contributed by atoms with Crippen LogP contribution in [0.1, 0.15) is 22.0 Å². The summed E-state index contributed by atoms with van der Waals surface area (Å²) in [6, 6.07) is 8.96. The number of phenolic OH excluding ortho intramolecular Hbond substituents is 1. The van der Waals surface area contributed by atoms with Crippen molar-refractivity contribution in [1.29, 1.82) is 0 Å². The quantitative estimate of drug-likeness (QED) is 0.666. The second kappa shape index (κ2) is 5.65. The number of hydrazine groups is 1. The van der Waals surface area contributed by atoms with Crippen LogP contribution in [0.25, 0.3) is 0 Å². The molecule has 0 aliphatic carbocycles. The summed E-state index contributed by atoms with van der Waals surface area (Å²) >= 11 is 6.05. The number of halogens is 1. The van der Waals surface area contributed by atoms with E-state index in [2.05, 4.69) is 10.4 Å². The van der Waals surface area contributed by atoms with E-state index in [0.717, 1.165) is 5.56 Å². The molecule has 3 rings (SSSR count). The molecule has 1 saturated heterocycles. The molecular formula is C15H12ClN3O3. The number of alkyl halides is 1. The fraction of sp³-hybridized carbons (Fsp3) is 0.133. The lowest BCUT2D eigenvalue weighted by Gasteiger charge is -2.43. The number of amides is 2. The number of nitrogens with zero attached hydrogens (tertiary/aromatic N) is 2. The number of rotatable bonds is 3. The van der Waals surface area contributed by atoms with E-state index in [1.54, 1.807) is 24.3 Å². The molecule has 112 valence electrons. The van der Waals surface area contributed by atoms with Gasteiger partial charge in [-0.15, -0.1) is 11.6 Å². The van der Waals surface area contributed by atoms with Crippen LogP contribution in [0.15, 0.2) is 48.8 Å². The SMILES string of the molecule is O=C(NN1C(=O)[C@@H](Cl)[C@@H]1c1ccc(O)cc1)c1ccncc1. The van der Waals surface area contributed by atoms with Gasteiger partial charge in [-0.3, -0.25) is 20.0 Å². The van der Waals surface area contributed by atoms with Crippen molar-refractivity contribution in [3.8, 4) is 5.75 Å². The van der Waals surface area contributed by atoms with Gasteiger partial charge in [0, 0.05) is 18.0 Å². The summed E-state index contributed by atoms with van der Waals surface area (Å²) in [6.45, 7) is 0. The number of pyridine rings is 1. The summed E-state index contributed by atoms with van der Waals surface area (Å²) in [7, 11) is 0. The summed E-state index contributed by atoms with van der Waals surface area (Å²) < 4.78 is 0. The molecule has 2 amide bonds. The van der Waals surface area contributed by atoms with E-state index in [4.69, 9.17) is 11.6 Å². The molecule has 0 spiro atoms. The Balaban J connectivity index is 1.78. The molecule has 1 aliphatic rings. The van der Waals surface area contributed by atoms with Gasteiger partial charge in [-0.2, -0.15) is 0 Å². The second-order valence-corrected chi connectivity index (χ2v) is 5.29. The van der Waals surface area contributed by atoms with Crippen LogP contribution >= 0.6 is 11.6 Å². The Morgan fingerprint density at radius 3 is 2.45 bits per heavy atom. The first-order valence-electron chi connectivity index (χ1n) is 6.55. The van der Waals surface area contributed by atoms with Crippen LogP contribution in [0.4, 0.5) is 0 Å². The molecule has 22 heavy (non-hydrogen) atoms. The van der Waals surface area contributed by atoms with E-state index in [1.165, 1.54) is 29.5 Å². The van der Waals surface area contributed by atoms with E-state index in [0.29, 0.717) is 5.56 Å². The summed E-state index contributed by atoms with van der Waals surface area (Å²) in [5, 5.41) is 9.77. The second-order valence-electron chi connectivity index (χ2n) is 4.82. The van der Waals surface area contributed by atoms with Gasteiger partial charge in [0.15, 0.2) is 0 Å². The molecule has 2 aromatic rings. The summed E-state index contributed by atoms with van der Waals surface area (Å²) in [4.78, 5) is 27.8. The highest BCUT2D eigenvalue weighted by molar-refractivity contribution is 6.33. The van der Waals surface area contributed by atoms with Gasteiger partial charge in [0.25, 0.3) is 11.8 Å². The first-order chi connectivity index (χ1) is 10.6. The molecule has 2 N–H and O–H groups in total. The molecule has 0 saturated carbocycles. The minimum Gasteiger partial charge on any atom is -0.508 e. The van der Waals surface area contributed by atoms with Crippen molar-refractivity contribution in [3.05, 3.63) is 59.9 Å². The Kier molecular flexibility index (Phi) is 3.68. The average molecular weight is 318 g/mol. The lowest BCUT2D eigenvalue weighted by atomic mass is 9.95. The average Bonchev–Trinajstić information content (AvgIpc) is 2.56. The number of carbonyl (C=O) groups is 2. The fourth-order valence-corrected chi connectivity index (χ4v) is 2.61. The maximum atomic E-state index is 12.1. The number of benzene rings is 1. The van der Waals surface area contributed by atoms with Crippen molar-refractivity contribution in [2.75, 3.05) is 0 Å². The largest absolute Gasteiger partial charge is 0.508 e. The van der Waals surface area contributed by atoms with Crippen molar-refractivity contribution in [2.45, 2.75) is 11.4 Å². The zero-order valence-corrected chi connectivity index (χ0v) is 12.1. The van der Waals surface area contributed by atoms with Gasteiger partial charge in [0.2, 0.25) is 0 Å². The number of aromatic hydroxyl groups is 1. The molecule has 0 radical (unpaired) electrons. The highest BCUT2D eigenvalue weighted by Crippen LogP contribution is 2.37. The van der Waals surface area contributed by atoms with E-state index < -0.39 is 17.3 Å². The van der Waals surface area contributed by atoms with Crippen molar-refractivity contribution in [1.82, 2.24) is 15.4 Å². The highest BCUT2D eigenvalue weighted by Gasteiger charge is 2.48. The minimum atomic E-state index is -0.748. The number of carbonyl (C=O) groups excluding carboxylic acids is 2. The predicted molar refractivity (Wildman–Crippen MR) is 79.0 cm³/mol. The summed E-state index contributed by atoms with van der Waals surface area (Å²) in [6.07, 6.45) is 2.99. The standard InChI is InChI=1S/C15H12ClN3O3/c16-12-13(9-1-3-11(20)4-2-9)19(15(12)22)18-14(21)10-5-7-17-8-6-10/h1-8,12-13,20H,(H,18,21)/t12-,13-/m0/s1. The molecule has 1 aromatic heterocycles. The van der Waals surface area contributed by atoms with Gasteiger partial charge >= 0.3 is 0 Å². The molecule has 1 aromatic carbocycles. The van der Waals surface area contributed by atoms with Gasteiger partial charge in [0.05, 0.1) is 0 Å². The zero-order chi connectivity index (χ0) is 15.7. The fourth-order valence-electron chi connectivity index (χ4n) is 2.25. The Labute approximate surface area is 131 Å². The molecule has 2 atom stereocenters. The van der Waals surface area contributed by atoms with Crippen LogP contribution in [-0.4, -0.2) is 32.3 Å². The van der Waals surface area contributed by atoms with E-state index in [9.17, 15) is 14.7 Å². The third kappa shape index (κ3) is 2.48. The Bertz CT molecular complexity index is 706. The molecule has 7 heteroatoms. The minimum absolute atomic E-state index is 0.118. The lowest BCUT2D eigenvalue weighted by Crippen LogP contribution is -2.63. The van der Waals surface area contributed by atoms with Crippen LogP contribution in [0.3, 0.4) is 0 Å². The molecule has 0 unspecified atom stereocenters. The molecular weight excluding hydrogens is 306 g/mol. The summed E-state index contributed by atoms with van der Waals surface area (Å²) in [5.41, 5.74) is 3.67. The zero-order valence-electron chi connectivity index (χ0n) is 11.3. The first kappa shape index (κ1) is 14.3. The monoisotopic (exact) mass is 317 g/mol. The van der Waals surface area contributed by atoms with Gasteiger partial charge < -0.3 is 5.11 Å². The lowest BCUT2D eigenvalue weighted by molar-refractivity contribution is -0.149. The molecule has 1 fully saturated rings. The maximum Gasteiger partial charge on any atom is 0.270 e. The van der Waals surface area contributed by atoms with E-state index >= 15 is 0 Å². The van der Waals surface area contributed by atoms with Crippen LogP contribution in [0.5, 0.6) is 5.75 Å². The third-order valence-electron chi connectivity index (χ3n) is 3.43. The van der Waals surface area contributed by atoms with Crippen LogP contribution in [-0.2, 0) is 4.79 Å². The maximum absolute atomic E-state index is 12.1. The number of hydrogen-bond acceptors (Lipinski definition) is 4. The number of nitrogens with one attached hydrogen (secondary N) is 1. The molecule has 2 heterocycles. The van der Waals surface area contributed by atoms with Gasteiger partial charge in [-0.1, -0.05) is 12.1 Å². The van der Waals surface area contributed by atoms with Crippen molar-refractivity contribution >= 4 is 23.4 Å². The highest BCUT2D eigenvalue weighted by atomic mass is 35.5. The topological polar surface area (TPSA) is 82.5 Å². The predicted octanol–water partition coefficient (Wildman–Crippen LogP) is 1.62. The molecule has 1 aliphatic heterocycles. The first-order valence-corrected chi connectivity index (χ1v) is 6.98. The molecule has 6 nitrogen and oxygen atoms in total. The molecule has 0 bridgehead atoms. The number of hydrogen-bond donors (Lipinski definition) is 2.